The quantitative estimate of drug-likeness (QED) is 0.765. The van der Waals surface area contributed by atoms with Gasteiger partial charge in [0.1, 0.15) is 17.4 Å². The minimum atomic E-state index is -0.803. The van der Waals surface area contributed by atoms with Crippen molar-refractivity contribution in [1.82, 2.24) is 4.90 Å². The topological polar surface area (TPSA) is 23.5 Å². The van der Waals surface area contributed by atoms with Crippen LogP contribution in [0.1, 0.15) is 31.4 Å². The van der Waals surface area contributed by atoms with Gasteiger partial charge in [-0.2, -0.15) is 0 Å². The average Bonchev–Trinajstić information content (AvgIpc) is 2.65. The molecule has 1 N–H and O–H groups in total. The van der Waals surface area contributed by atoms with E-state index in [2.05, 4.69) is 13.8 Å². The van der Waals surface area contributed by atoms with Gasteiger partial charge >= 0.3 is 0 Å². The molecule has 1 fully saturated rings. The number of nitrogens with zero attached hydrogens (tertiary/aromatic N) is 1. The monoisotopic (exact) mass is 315 g/mol. The molecule has 1 heterocycles. The van der Waals surface area contributed by atoms with Gasteiger partial charge in [0.25, 0.3) is 0 Å². The third kappa shape index (κ3) is 1.72. The van der Waals surface area contributed by atoms with Crippen molar-refractivity contribution in [2.75, 3.05) is 13.6 Å². The first-order valence-electron chi connectivity index (χ1n) is 7.80. The van der Waals surface area contributed by atoms with Crippen LogP contribution in [0, 0.1) is 5.41 Å². The molecule has 0 amide bonds. The molecular weight excluding hydrogens is 296 g/mol. The first kappa shape index (κ1) is 14.5. The lowest BCUT2D eigenvalue weighted by Crippen LogP contribution is -2.50. The molecular formula is C19H19F2NO. The number of likely N-dealkylation sites (tertiary alicyclic amines) is 1. The molecule has 2 nitrogen and oxygen atoms in total. The Morgan fingerprint density at radius 3 is 2.65 bits per heavy atom. The van der Waals surface area contributed by atoms with Crippen molar-refractivity contribution >= 4 is 5.83 Å². The van der Waals surface area contributed by atoms with Gasteiger partial charge in [-0.1, -0.05) is 26.0 Å². The molecule has 1 saturated heterocycles. The van der Waals surface area contributed by atoms with Crippen LogP contribution in [-0.2, 0) is 5.41 Å². The number of rotatable bonds is 0. The fourth-order valence-electron chi connectivity index (χ4n) is 4.75. The van der Waals surface area contributed by atoms with Gasteiger partial charge in [-0.05, 0) is 35.6 Å². The third-order valence-corrected chi connectivity index (χ3v) is 5.21. The van der Waals surface area contributed by atoms with Crippen LogP contribution >= 0.6 is 0 Å². The number of benzene rings is 1. The van der Waals surface area contributed by atoms with Crippen LogP contribution in [0.15, 0.2) is 47.4 Å². The molecule has 23 heavy (non-hydrogen) atoms. The molecule has 1 aromatic carbocycles. The number of likely N-dealkylation sites (N-methyl/N-ethyl adjacent to an activating group) is 1. The Balaban J connectivity index is 2.09. The van der Waals surface area contributed by atoms with Crippen LogP contribution in [0.5, 0.6) is 5.75 Å². The maximum absolute atomic E-state index is 15.1. The maximum Gasteiger partial charge on any atom is 0.143 e. The number of hydrogen-bond donors (Lipinski definition) is 1. The van der Waals surface area contributed by atoms with Gasteiger partial charge in [0.05, 0.1) is 11.1 Å². The molecule has 0 bridgehead atoms. The zero-order chi connectivity index (χ0) is 16.6. The van der Waals surface area contributed by atoms with Crippen molar-refractivity contribution in [3.8, 4) is 5.75 Å². The smallest absolute Gasteiger partial charge is 0.143 e. The van der Waals surface area contributed by atoms with Gasteiger partial charge in [-0.15, -0.1) is 0 Å². The molecule has 0 aromatic heterocycles. The van der Waals surface area contributed by atoms with Crippen LogP contribution in [0.3, 0.4) is 0 Å². The summed E-state index contributed by atoms with van der Waals surface area (Å²) in [4.78, 5) is 1.91. The van der Waals surface area contributed by atoms with E-state index in [0.717, 1.165) is 5.56 Å². The zero-order valence-corrected chi connectivity index (χ0v) is 13.5. The number of aromatic hydroxyl groups is 1. The van der Waals surface area contributed by atoms with Gasteiger partial charge in [-0.25, -0.2) is 8.78 Å². The molecule has 0 radical (unpaired) electrons. The fraction of sp³-hybridized carbons (Fsp3) is 0.368. The van der Waals surface area contributed by atoms with E-state index in [1.54, 1.807) is 18.2 Å². The van der Waals surface area contributed by atoms with Crippen LogP contribution < -0.4 is 0 Å². The third-order valence-electron chi connectivity index (χ3n) is 5.21. The summed E-state index contributed by atoms with van der Waals surface area (Å²) in [7, 11) is 1.87. The predicted octanol–water partition coefficient (Wildman–Crippen LogP) is 4.44. The normalized spacial score (nSPS) is 28.0. The Morgan fingerprint density at radius 2 is 1.91 bits per heavy atom. The summed E-state index contributed by atoms with van der Waals surface area (Å²) in [5, 5.41) is 9.74. The highest BCUT2D eigenvalue weighted by atomic mass is 19.1. The number of halogens is 2. The first-order chi connectivity index (χ1) is 10.8. The summed E-state index contributed by atoms with van der Waals surface area (Å²) in [6.07, 6.45) is 3.54. The highest BCUT2D eigenvalue weighted by molar-refractivity contribution is 5.83. The number of phenols is 1. The predicted molar refractivity (Wildman–Crippen MR) is 86.1 cm³/mol. The van der Waals surface area contributed by atoms with E-state index in [4.69, 9.17) is 0 Å². The van der Waals surface area contributed by atoms with E-state index in [0.29, 0.717) is 29.8 Å². The molecule has 1 aromatic rings. The second-order valence-electron chi connectivity index (χ2n) is 7.59. The van der Waals surface area contributed by atoms with E-state index in [1.807, 2.05) is 11.9 Å². The molecule has 0 saturated carbocycles. The van der Waals surface area contributed by atoms with E-state index in [9.17, 15) is 9.50 Å². The summed E-state index contributed by atoms with van der Waals surface area (Å²) in [5.41, 5.74) is 1.28. The van der Waals surface area contributed by atoms with Gasteiger partial charge < -0.3 is 10.0 Å². The Morgan fingerprint density at radius 1 is 1.17 bits per heavy atom. The number of allylic oxidation sites excluding steroid dienone is 4. The highest BCUT2D eigenvalue weighted by Gasteiger charge is 2.56. The van der Waals surface area contributed by atoms with E-state index < -0.39 is 5.41 Å². The van der Waals surface area contributed by atoms with Gasteiger partial charge in [0.15, 0.2) is 0 Å². The molecule has 1 spiro atoms. The maximum atomic E-state index is 15.1. The van der Waals surface area contributed by atoms with Gasteiger partial charge in [0, 0.05) is 24.7 Å². The minimum absolute atomic E-state index is 0.0213. The highest BCUT2D eigenvalue weighted by Crippen LogP contribution is 2.61. The van der Waals surface area contributed by atoms with Crippen LogP contribution in [0.25, 0.3) is 5.83 Å². The van der Waals surface area contributed by atoms with Crippen LogP contribution in [-0.4, -0.2) is 23.6 Å². The molecule has 2 aliphatic carbocycles. The lowest BCUT2D eigenvalue weighted by Gasteiger charge is -2.52. The number of piperidine rings is 1. The second-order valence-corrected chi connectivity index (χ2v) is 7.59. The fourth-order valence-corrected chi connectivity index (χ4v) is 4.75. The number of fused-ring (bicyclic) bond motifs is 1. The van der Waals surface area contributed by atoms with Crippen molar-refractivity contribution in [2.24, 2.45) is 5.41 Å². The Kier molecular flexibility index (Phi) is 2.68. The summed E-state index contributed by atoms with van der Waals surface area (Å²) >= 11 is 0. The zero-order valence-electron chi connectivity index (χ0n) is 13.5. The number of hydrogen-bond acceptors (Lipinski definition) is 2. The lowest BCUT2D eigenvalue weighted by molar-refractivity contribution is 0.129. The minimum Gasteiger partial charge on any atom is -0.508 e. The Bertz CT molecular complexity index is 819. The first-order valence-corrected chi connectivity index (χ1v) is 7.80. The van der Waals surface area contributed by atoms with E-state index >= 15 is 4.39 Å². The standard InChI is InChI=1S/C19H19F2NO/c1-18(2)9-19-13-5-4-11(23)8-12(13)16(21)14(19)6-7-15(20)17(19)22(3)10-18/h4-8,23H,9-10H2,1-3H3. The molecule has 4 rings (SSSR count). The summed E-state index contributed by atoms with van der Waals surface area (Å²) in [6, 6.07) is 4.73. The van der Waals surface area contributed by atoms with Crippen molar-refractivity contribution in [2.45, 2.75) is 25.7 Å². The molecule has 1 aliphatic heterocycles. The van der Waals surface area contributed by atoms with Crippen LogP contribution in [0.2, 0.25) is 0 Å². The van der Waals surface area contributed by atoms with Crippen molar-refractivity contribution in [3.05, 3.63) is 58.6 Å². The van der Waals surface area contributed by atoms with Gasteiger partial charge in [0.2, 0.25) is 0 Å². The number of phenolic OH excluding ortho intramolecular Hbond substituents is 1. The van der Waals surface area contributed by atoms with Crippen molar-refractivity contribution < 1.29 is 13.9 Å². The molecule has 120 valence electrons. The van der Waals surface area contributed by atoms with E-state index in [-0.39, 0.29) is 22.8 Å². The molecule has 4 heteroatoms. The SMILES string of the molecule is CN1CC(C)(C)CC23C(=C(F)c4cc(O)ccc42)C=CC(F)=C13. The van der Waals surface area contributed by atoms with E-state index in [1.165, 1.54) is 12.1 Å². The van der Waals surface area contributed by atoms with Gasteiger partial charge in [-0.3, -0.25) is 0 Å². The summed E-state index contributed by atoms with van der Waals surface area (Å²) < 4.78 is 29.8. The Hall–Kier alpha value is -2.10. The van der Waals surface area contributed by atoms with Crippen molar-refractivity contribution in [1.29, 1.82) is 0 Å². The second kappa shape index (κ2) is 4.25. The molecule has 1 unspecified atom stereocenters. The molecule has 1 atom stereocenters. The summed E-state index contributed by atoms with van der Waals surface area (Å²) in [5.74, 6) is -0.642. The lowest BCUT2D eigenvalue weighted by atomic mass is 9.60. The summed E-state index contributed by atoms with van der Waals surface area (Å²) in [6.45, 7) is 4.96. The molecule has 3 aliphatic rings. The largest absolute Gasteiger partial charge is 0.508 e. The van der Waals surface area contributed by atoms with Crippen LogP contribution in [0.4, 0.5) is 8.78 Å². The average molecular weight is 315 g/mol. The van der Waals surface area contributed by atoms with Crippen molar-refractivity contribution in [3.63, 3.8) is 0 Å². The Labute approximate surface area is 134 Å².